The second kappa shape index (κ2) is 4.09. The van der Waals surface area contributed by atoms with Gasteiger partial charge in [0.15, 0.2) is 0 Å². The molecule has 1 unspecified atom stereocenters. The van der Waals surface area contributed by atoms with E-state index in [-0.39, 0.29) is 11.2 Å². The minimum absolute atomic E-state index is 0.0117. The van der Waals surface area contributed by atoms with Gasteiger partial charge in [0.25, 0.3) is 0 Å². The monoisotopic (exact) mass is 242 g/mol. The third kappa shape index (κ3) is 1.99. The number of amides is 1. The average molecular weight is 243 g/mol. The van der Waals surface area contributed by atoms with Gasteiger partial charge in [-0.1, -0.05) is 0 Å². The molecule has 1 atom stereocenters. The maximum atomic E-state index is 11.2. The highest BCUT2D eigenvalue weighted by Crippen LogP contribution is 2.23. The van der Waals surface area contributed by atoms with Gasteiger partial charge in [-0.05, 0) is 24.4 Å². The van der Waals surface area contributed by atoms with Gasteiger partial charge < -0.3 is 16.4 Å². The van der Waals surface area contributed by atoms with E-state index >= 15 is 0 Å². The van der Waals surface area contributed by atoms with Gasteiger partial charge in [0.05, 0.1) is 0 Å². The number of nitrogens with zero attached hydrogens (tertiary/aromatic N) is 4. The van der Waals surface area contributed by atoms with Gasteiger partial charge in [-0.3, -0.25) is 4.79 Å². The Labute approximate surface area is 96.8 Å². The lowest BCUT2D eigenvalue weighted by molar-refractivity contribution is -0.119. The third-order valence-electron chi connectivity index (χ3n) is 2.45. The summed E-state index contributed by atoms with van der Waals surface area (Å²) >= 11 is 5.67. The molecule has 4 N–H and O–H groups in total. The SMILES string of the molecule is NC(=O)C1CCCN1c1nc(N)nc(Cl)n1. The number of hydrogen-bond donors (Lipinski definition) is 2. The van der Waals surface area contributed by atoms with Crippen molar-refractivity contribution in [3.8, 4) is 0 Å². The summed E-state index contributed by atoms with van der Waals surface area (Å²) in [6, 6.07) is -0.391. The zero-order chi connectivity index (χ0) is 11.7. The molecule has 1 aromatic rings. The van der Waals surface area contributed by atoms with Crippen molar-refractivity contribution in [2.45, 2.75) is 18.9 Å². The van der Waals surface area contributed by atoms with E-state index in [4.69, 9.17) is 23.1 Å². The summed E-state index contributed by atoms with van der Waals surface area (Å²) in [6.45, 7) is 0.660. The summed E-state index contributed by atoms with van der Waals surface area (Å²) in [6.07, 6.45) is 1.55. The van der Waals surface area contributed by atoms with Gasteiger partial charge in [-0.25, -0.2) is 0 Å². The fraction of sp³-hybridized carbons (Fsp3) is 0.500. The number of halogens is 1. The first-order valence-corrected chi connectivity index (χ1v) is 5.19. The Hall–Kier alpha value is -1.63. The van der Waals surface area contributed by atoms with E-state index in [9.17, 15) is 4.79 Å². The molecule has 86 valence electrons. The smallest absolute Gasteiger partial charge is 0.240 e. The minimum atomic E-state index is -0.396. The molecule has 2 heterocycles. The van der Waals surface area contributed by atoms with E-state index in [2.05, 4.69) is 15.0 Å². The van der Waals surface area contributed by atoms with E-state index in [0.29, 0.717) is 18.9 Å². The number of rotatable bonds is 2. The lowest BCUT2D eigenvalue weighted by Crippen LogP contribution is -2.41. The molecule has 1 fully saturated rings. The number of aromatic nitrogens is 3. The van der Waals surface area contributed by atoms with Crippen molar-refractivity contribution in [3.05, 3.63) is 5.28 Å². The van der Waals surface area contributed by atoms with Crippen molar-refractivity contribution in [1.29, 1.82) is 0 Å². The van der Waals surface area contributed by atoms with Gasteiger partial charge >= 0.3 is 0 Å². The summed E-state index contributed by atoms with van der Waals surface area (Å²) in [4.78, 5) is 24.4. The maximum absolute atomic E-state index is 11.2. The van der Waals surface area contributed by atoms with Crippen LogP contribution in [0.2, 0.25) is 5.28 Å². The number of anilines is 2. The number of primary amides is 1. The Morgan fingerprint density at radius 3 is 2.81 bits per heavy atom. The predicted molar refractivity (Wildman–Crippen MR) is 58.8 cm³/mol. The van der Waals surface area contributed by atoms with Gasteiger partial charge in [-0.15, -0.1) is 0 Å². The topological polar surface area (TPSA) is 111 Å². The molecule has 1 aromatic heterocycles. The van der Waals surface area contributed by atoms with Crippen LogP contribution in [0.1, 0.15) is 12.8 Å². The van der Waals surface area contributed by atoms with Crippen LogP contribution in [-0.4, -0.2) is 33.4 Å². The van der Waals surface area contributed by atoms with Crippen LogP contribution in [-0.2, 0) is 4.79 Å². The second-order valence-electron chi connectivity index (χ2n) is 3.52. The molecule has 8 heteroatoms. The van der Waals surface area contributed by atoms with Crippen LogP contribution in [0.15, 0.2) is 0 Å². The van der Waals surface area contributed by atoms with E-state index in [0.717, 1.165) is 6.42 Å². The lowest BCUT2D eigenvalue weighted by atomic mass is 10.2. The van der Waals surface area contributed by atoms with E-state index in [1.165, 1.54) is 0 Å². The first-order chi connectivity index (χ1) is 7.58. The van der Waals surface area contributed by atoms with Crippen molar-refractivity contribution >= 4 is 29.4 Å². The average Bonchev–Trinajstić information content (AvgIpc) is 2.63. The van der Waals surface area contributed by atoms with E-state index in [1.807, 2.05) is 0 Å². The molecular weight excluding hydrogens is 232 g/mol. The number of nitrogen functional groups attached to an aromatic ring is 1. The normalized spacial score (nSPS) is 20.1. The van der Waals surface area contributed by atoms with E-state index < -0.39 is 11.9 Å². The molecule has 1 aliphatic heterocycles. The zero-order valence-corrected chi connectivity index (χ0v) is 9.18. The molecule has 0 radical (unpaired) electrons. The van der Waals surface area contributed by atoms with Crippen LogP contribution < -0.4 is 16.4 Å². The first kappa shape index (κ1) is 10.9. The molecule has 0 bridgehead atoms. The summed E-state index contributed by atoms with van der Waals surface area (Å²) in [5.41, 5.74) is 10.7. The van der Waals surface area contributed by atoms with Crippen LogP contribution in [0, 0.1) is 0 Å². The standard InChI is InChI=1S/C8H11ClN6O/c9-6-12-7(11)14-8(13-6)15-3-1-2-4(15)5(10)16/h4H,1-3H2,(H2,10,16)(H2,11,12,13,14). The highest BCUT2D eigenvalue weighted by atomic mass is 35.5. The number of carbonyl (C=O) groups is 1. The van der Waals surface area contributed by atoms with Crippen molar-refractivity contribution in [3.63, 3.8) is 0 Å². The largest absolute Gasteiger partial charge is 0.368 e. The van der Waals surface area contributed by atoms with Crippen molar-refractivity contribution < 1.29 is 4.79 Å². The van der Waals surface area contributed by atoms with Gasteiger partial charge in [0.2, 0.25) is 23.1 Å². The van der Waals surface area contributed by atoms with Gasteiger partial charge in [0.1, 0.15) is 6.04 Å². The fourth-order valence-corrected chi connectivity index (χ4v) is 1.95. The second-order valence-corrected chi connectivity index (χ2v) is 3.85. The Morgan fingerprint density at radius 2 is 2.19 bits per heavy atom. The molecule has 16 heavy (non-hydrogen) atoms. The van der Waals surface area contributed by atoms with Gasteiger partial charge in [0, 0.05) is 6.54 Å². The van der Waals surface area contributed by atoms with Crippen LogP contribution in [0.25, 0.3) is 0 Å². The molecule has 1 aliphatic rings. The molecule has 2 rings (SSSR count). The molecule has 1 saturated heterocycles. The summed E-state index contributed by atoms with van der Waals surface area (Å²) < 4.78 is 0. The minimum Gasteiger partial charge on any atom is -0.368 e. The predicted octanol–water partition coefficient (Wildman–Crippen LogP) is -0.439. The van der Waals surface area contributed by atoms with Crippen LogP contribution in [0.5, 0.6) is 0 Å². The zero-order valence-electron chi connectivity index (χ0n) is 8.43. The quantitative estimate of drug-likeness (QED) is 0.727. The molecule has 0 spiro atoms. The number of carbonyl (C=O) groups excluding carboxylic acids is 1. The molecule has 7 nitrogen and oxygen atoms in total. The van der Waals surface area contributed by atoms with Crippen LogP contribution >= 0.6 is 11.6 Å². The van der Waals surface area contributed by atoms with E-state index in [1.54, 1.807) is 4.90 Å². The Morgan fingerprint density at radius 1 is 1.44 bits per heavy atom. The highest BCUT2D eigenvalue weighted by molar-refractivity contribution is 6.28. The van der Waals surface area contributed by atoms with Crippen molar-refractivity contribution in [2.75, 3.05) is 17.2 Å². The molecule has 0 aliphatic carbocycles. The lowest BCUT2D eigenvalue weighted by Gasteiger charge is -2.21. The first-order valence-electron chi connectivity index (χ1n) is 4.81. The van der Waals surface area contributed by atoms with Crippen molar-refractivity contribution in [2.24, 2.45) is 5.73 Å². The third-order valence-corrected chi connectivity index (χ3v) is 2.62. The molecule has 0 aromatic carbocycles. The number of hydrogen-bond acceptors (Lipinski definition) is 6. The Balaban J connectivity index is 2.32. The Kier molecular flexibility index (Phi) is 2.78. The summed E-state index contributed by atoms with van der Waals surface area (Å²) in [5, 5.41) is 0.0117. The van der Waals surface area contributed by atoms with Gasteiger partial charge in [-0.2, -0.15) is 15.0 Å². The van der Waals surface area contributed by atoms with Crippen LogP contribution in [0.4, 0.5) is 11.9 Å². The molecule has 0 saturated carbocycles. The molecule has 1 amide bonds. The summed E-state index contributed by atoms with van der Waals surface area (Å²) in [7, 11) is 0. The van der Waals surface area contributed by atoms with Crippen molar-refractivity contribution in [1.82, 2.24) is 15.0 Å². The Bertz CT molecular complexity index is 405. The number of nitrogens with two attached hydrogens (primary N) is 2. The van der Waals surface area contributed by atoms with Crippen LogP contribution in [0.3, 0.4) is 0 Å². The highest BCUT2D eigenvalue weighted by Gasteiger charge is 2.31. The fourth-order valence-electron chi connectivity index (χ4n) is 1.78. The summed E-state index contributed by atoms with van der Waals surface area (Å²) in [5.74, 6) is -0.0588. The maximum Gasteiger partial charge on any atom is 0.240 e. The molecular formula is C8H11ClN6O.